The summed E-state index contributed by atoms with van der Waals surface area (Å²) in [5.74, 6) is 0. The summed E-state index contributed by atoms with van der Waals surface area (Å²) in [4.78, 5) is 0. The second-order valence-electron chi connectivity index (χ2n) is 5.44. The molecule has 0 spiro atoms. The van der Waals surface area contributed by atoms with E-state index in [0.717, 1.165) is 12.1 Å². The average Bonchev–Trinajstić information content (AvgIpc) is 2.50. The van der Waals surface area contributed by atoms with Crippen molar-refractivity contribution in [2.75, 3.05) is 14.2 Å². The first-order valence-electron chi connectivity index (χ1n) is 7.36. The number of halogens is 6. The zero-order chi connectivity index (χ0) is 18.6. The van der Waals surface area contributed by atoms with Gasteiger partial charge in [0.05, 0.1) is 11.1 Å². The molecule has 0 saturated heterocycles. The first kappa shape index (κ1) is 21.0. The lowest BCUT2D eigenvalue weighted by Gasteiger charge is -2.26. The summed E-state index contributed by atoms with van der Waals surface area (Å²) in [7, 11) is 0.594. The summed E-state index contributed by atoms with van der Waals surface area (Å²) in [5, 5.41) is 0. The molecule has 0 N–H and O–H groups in total. The molecule has 24 heavy (non-hydrogen) atoms. The van der Waals surface area contributed by atoms with Gasteiger partial charge in [-0.2, -0.15) is 26.3 Å². The van der Waals surface area contributed by atoms with Gasteiger partial charge in [0.15, 0.2) is 0 Å². The normalized spacial score (nSPS) is 13.4. The Balaban J connectivity index is 2.99. The predicted octanol–water partition coefficient (Wildman–Crippen LogP) is 5.41. The molecule has 1 aromatic carbocycles. The Labute approximate surface area is 138 Å². The maximum Gasteiger partial charge on any atom is 0.416 e. The number of hydrogen-bond acceptors (Lipinski definition) is 2. The molecule has 0 aliphatic carbocycles. The second-order valence-corrected chi connectivity index (χ2v) is 9.29. The van der Waals surface area contributed by atoms with E-state index in [1.807, 2.05) is 6.92 Å². The lowest BCUT2D eigenvalue weighted by atomic mass is 10.0. The standard InChI is InChI=1S/C15H20F6O2Si/c1-4-24(22-2,23-3)7-5-6-11-8-12(14(16,17)18)10-13(9-11)15(19,20)21/h8-10H,4-7H2,1-3H3. The van der Waals surface area contributed by atoms with Crippen LogP contribution in [0.4, 0.5) is 26.3 Å². The zero-order valence-electron chi connectivity index (χ0n) is 13.6. The van der Waals surface area contributed by atoms with Crippen LogP contribution in [0.3, 0.4) is 0 Å². The van der Waals surface area contributed by atoms with Crippen molar-refractivity contribution in [2.45, 2.75) is 44.2 Å². The highest BCUT2D eigenvalue weighted by molar-refractivity contribution is 6.67. The van der Waals surface area contributed by atoms with Crippen LogP contribution in [0.1, 0.15) is 30.0 Å². The van der Waals surface area contributed by atoms with E-state index in [0.29, 0.717) is 18.5 Å². The molecule has 2 nitrogen and oxygen atoms in total. The van der Waals surface area contributed by atoms with Crippen molar-refractivity contribution in [1.29, 1.82) is 0 Å². The highest BCUT2D eigenvalue weighted by Crippen LogP contribution is 2.36. The SMILES string of the molecule is CC[Si](CCCc1cc(C(F)(F)F)cc(C(F)(F)F)c1)(OC)OC. The molecule has 0 atom stereocenters. The van der Waals surface area contributed by atoms with Crippen molar-refractivity contribution in [3.63, 3.8) is 0 Å². The van der Waals surface area contributed by atoms with Crippen molar-refractivity contribution < 1.29 is 35.2 Å². The van der Waals surface area contributed by atoms with Gasteiger partial charge in [-0.1, -0.05) is 6.92 Å². The monoisotopic (exact) mass is 374 g/mol. The van der Waals surface area contributed by atoms with Crippen molar-refractivity contribution in [1.82, 2.24) is 0 Å². The van der Waals surface area contributed by atoms with Gasteiger partial charge >= 0.3 is 20.9 Å². The highest BCUT2D eigenvalue weighted by atomic mass is 28.4. The van der Waals surface area contributed by atoms with Gasteiger partial charge in [-0.15, -0.1) is 0 Å². The molecule has 1 aromatic rings. The summed E-state index contributed by atoms with van der Waals surface area (Å²) in [6, 6.07) is 2.82. The van der Waals surface area contributed by atoms with Crippen LogP contribution in [0.5, 0.6) is 0 Å². The Morgan fingerprint density at radius 3 is 1.67 bits per heavy atom. The van der Waals surface area contributed by atoms with Gasteiger partial charge < -0.3 is 8.85 Å². The van der Waals surface area contributed by atoms with Crippen molar-refractivity contribution in [3.05, 3.63) is 34.9 Å². The number of hydrogen-bond donors (Lipinski definition) is 0. The molecule has 0 amide bonds. The van der Waals surface area contributed by atoms with Crippen molar-refractivity contribution in [3.8, 4) is 0 Å². The first-order chi connectivity index (χ1) is 11.0. The van der Waals surface area contributed by atoms with Gasteiger partial charge in [0.25, 0.3) is 0 Å². The molecule has 9 heteroatoms. The maximum atomic E-state index is 12.8. The van der Waals surface area contributed by atoms with Gasteiger partial charge in [-0.05, 0) is 48.7 Å². The fraction of sp³-hybridized carbons (Fsp3) is 0.600. The van der Waals surface area contributed by atoms with E-state index in [9.17, 15) is 26.3 Å². The number of rotatable bonds is 7. The van der Waals surface area contributed by atoms with Gasteiger partial charge in [-0.3, -0.25) is 0 Å². The molecule has 0 radical (unpaired) electrons. The zero-order valence-corrected chi connectivity index (χ0v) is 14.6. The van der Waals surface area contributed by atoms with Gasteiger partial charge in [0.1, 0.15) is 0 Å². The van der Waals surface area contributed by atoms with Crippen molar-refractivity contribution in [2.24, 2.45) is 0 Å². The third-order valence-electron chi connectivity index (χ3n) is 3.95. The van der Waals surface area contributed by atoms with Gasteiger partial charge in [0, 0.05) is 14.2 Å². The largest absolute Gasteiger partial charge is 0.416 e. The summed E-state index contributed by atoms with van der Waals surface area (Å²) in [5.41, 5.74) is -2.57. The minimum Gasteiger partial charge on any atom is -0.398 e. The van der Waals surface area contributed by atoms with E-state index >= 15 is 0 Å². The van der Waals surface area contributed by atoms with Crippen molar-refractivity contribution >= 4 is 8.56 Å². The molecule has 0 bridgehead atoms. The quantitative estimate of drug-likeness (QED) is 0.469. The smallest absolute Gasteiger partial charge is 0.398 e. The van der Waals surface area contributed by atoms with E-state index in [1.54, 1.807) is 0 Å². The summed E-state index contributed by atoms with van der Waals surface area (Å²) < 4.78 is 87.6. The maximum absolute atomic E-state index is 12.8. The second kappa shape index (κ2) is 7.88. The lowest BCUT2D eigenvalue weighted by Crippen LogP contribution is -2.39. The number of alkyl halides is 6. The van der Waals surface area contributed by atoms with Crippen LogP contribution in [0.2, 0.25) is 12.1 Å². The molecule has 0 unspecified atom stereocenters. The molecule has 0 aromatic heterocycles. The Morgan fingerprint density at radius 2 is 1.33 bits per heavy atom. The Bertz CT molecular complexity index is 497. The summed E-state index contributed by atoms with van der Waals surface area (Å²) in [6.45, 7) is 1.88. The Kier molecular flexibility index (Phi) is 6.89. The van der Waals surface area contributed by atoms with Crippen LogP contribution in [0.25, 0.3) is 0 Å². The molecule has 0 saturated carbocycles. The van der Waals surface area contributed by atoms with Gasteiger partial charge in [0.2, 0.25) is 0 Å². The number of aryl methyl sites for hydroxylation is 1. The fourth-order valence-electron chi connectivity index (χ4n) is 2.48. The highest BCUT2D eigenvalue weighted by Gasteiger charge is 2.37. The minimum atomic E-state index is -4.82. The minimum absolute atomic E-state index is 0.00311. The van der Waals surface area contributed by atoms with Crippen LogP contribution in [0.15, 0.2) is 18.2 Å². The Morgan fingerprint density at radius 1 is 0.875 bits per heavy atom. The molecule has 138 valence electrons. The van der Waals surface area contributed by atoms with E-state index in [-0.39, 0.29) is 18.1 Å². The Hall–Kier alpha value is -1.06. The number of benzene rings is 1. The molecule has 0 heterocycles. The van der Waals surface area contributed by atoms with Crippen LogP contribution >= 0.6 is 0 Å². The van der Waals surface area contributed by atoms with E-state index in [4.69, 9.17) is 8.85 Å². The third kappa shape index (κ3) is 5.49. The summed E-state index contributed by atoms with van der Waals surface area (Å²) >= 11 is 0. The molecule has 0 aliphatic rings. The fourth-order valence-corrected chi connectivity index (χ4v) is 4.70. The molecular formula is C15H20F6O2Si. The predicted molar refractivity (Wildman–Crippen MR) is 79.8 cm³/mol. The first-order valence-corrected chi connectivity index (χ1v) is 9.59. The molecule has 0 fully saturated rings. The molecule has 1 rings (SSSR count). The average molecular weight is 374 g/mol. The van der Waals surface area contributed by atoms with Gasteiger partial charge in [-0.25, -0.2) is 0 Å². The third-order valence-corrected chi connectivity index (χ3v) is 7.63. The molecule has 0 aliphatic heterocycles. The van der Waals surface area contributed by atoms with Crippen LogP contribution < -0.4 is 0 Å². The molecular weight excluding hydrogens is 354 g/mol. The summed E-state index contributed by atoms with van der Waals surface area (Å²) in [6.07, 6.45) is -9.16. The van der Waals surface area contributed by atoms with E-state index in [1.165, 1.54) is 14.2 Å². The van der Waals surface area contributed by atoms with Crippen LogP contribution in [0, 0.1) is 0 Å². The lowest BCUT2D eigenvalue weighted by molar-refractivity contribution is -0.143. The van der Waals surface area contributed by atoms with E-state index in [2.05, 4.69) is 0 Å². The van der Waals surface area contributed by atoms with E-state index < -0.39 is 32.0 Å². The van der Waals surface area contributed by atoms with Crippen LogP contribution in [-0.2, 0) is 27.6 Å². The topological polar surface area (TPSA) is 18.5 Å². The van der Waals surface area contributed by atoms with Crippen LogP contribution in [-0.4, -0.2) is 22.8 Å².